The van der Waals surface area contributed by atoms with Crippen molar-refractivity contribution in [1.29, 1.82) is 0 Å². The highest BCUT2D eigenvalue weighted by Crippen LogP contribution is 2.16. The van der Waals surface area contributed by atoms with Gasteiger partial charge in [-0.05, 0) is 50.4 Å². The molecule has 0 amide bonds. The molecule has 1 saturated heterocycles. The number of hydrogen-bond donors (Lipinski definition) is 3. The molecule has 0 radical (unpaired) electrons. The van der Waals surface area contributed by atoms with E-state index in [-0.39, 0.29) is 12.4 Å². The molecule has 1 atom stereocenters. The van der Waals surface area contributed by atoms with E-state index in [0.29, 0.717) is 18.2 Å². The quantitative estimate of drug-likeness (QED) is 0.401. The molecule has 0 aromatic heterocycles. The van der Waals surface area contributed by atoms with E-state index < -0.39 is 0 Å². The maximum absolute atomic E-state index is 13.4. The van der Waals surface area contributed by atoms with Crippen molar-refractivity contribution in [2.45, 2.75) is 51.8 Å². The predicted octanol–water partition coefficient (Wildman–Crippen LogP) is 2.25. The number of nitrogens with one attached hydrogen (secondary N) is 2. The van der Waals surface area contributed by atoms with Crippen LogP contribution in [0.1, 0.15) is 43.7 Å². The van der Waals surface area contributed by atoms with Gasteiger partial charge in [-0.1, -0.05) is 12.5 Å². The number of aliphatic imine (C=N–C) groups is 1. The van der Waals surface area contributed by atoms with Gasteiger partial charge in [-0.3, -0.25) is 4.99 Å². The lowest BCUT2D eigenvalue weighted by atomic mass is 10.0. The van der Waals surface area contributed by atoms with Gasteiger partial charge >= 0.3 is 0 Å². The summed E-state index contributed by atoms with van der Waals surface area (Å²) in [5.74, 6) is 0.363. The summed E-state index contributed by atoms with van der Waals surface area (Å²) in [6, 6.07) is 5.48. The predicted molar refractivity (Wildman–Crippen MR) is 100 cm³/mol. The van der Waals surface area contributed by atoms with Gasteiger partial charge in [0.25, 0.3) is 0 Å². The summed E-state index contributed by atoms with van der Waals surface area (Å²) >= 11 is 0. The van der Waals surface area contributed by atoms with Crippen LogP contribution in [-0.4, -0.2) is 48.7 Å². The van der Waals surface area contributed by atoms with Crippen LogP contribution >= 0.6 is 0 Å². The molecule has 140 valence electrons. The lowest BCUT2D eigenvalue weighted by Gasteiger charge is -2.33. The molecule has 0 spiro atoms. The highest BCUT2D eigenvalue weighted by molar-refractivity contribution is 5.79. The molecular weight excluding hydrogens is 319 g/mol. The SMILES string of the molecule is CN=C(NCCCN1CCCCC1C)NCc1ccc(F)c(CO)c1. The van der Waals surface area contributed by atoms with Crippen LogP contribution in [0.3, 0.4) is 0 Å². The topological polar surface area (TPSA) is 59.9 Å². The second-order valence-corrected chi connectivity index (χ2v) is 6.67. The Labute approximate surface area is 150 Å². The summed E-state index contributed by atoms with van der Waals surface area (Å²) in [6.07, 6.45) is 5.06. The van der Waals surface area contributed by atoms with Crippen molar-refractivity contribution in [1.82, 2.24) is 15.5 Å². The molecule has 1 fully saturated rings. The molecule has 0 saturated carbocycles. The number of aliphatic hydroxyl groups excluding tert-OH is 1. The highest BCUT2D eigenvalue weighted by Gasteiger charge is 2.17. The fourth-order valence-corrected chi connectivity index (χ4v) is 3.24. The zero-order valence-electron chi connectivity index (χ0n) is 15.4. The van der Waals surface area contributed by atoms with Gasteiger partial charge in [0, 0.05) is 38.3 Å². The molecule has 2 rings (SSSR count). The molecule has 6 heteroatoms. The molecule has 1 heterocycles. The van der Waals surface area contributed by atoms with Crippen LogP contribution in [0.25, 0.3) is 0 Å². The van der Waals surface area contributed by atoms with E-state index in [4.69, 9.17) is 5.11 Å². The fourth-order valence-electron chi connectivity index (χ4n) is 3.24. The van der Waals surface area contributed by atoms with Crippen molar-refractivity contribution >= 4 is 5.96 Å². The normalized spacial score (nSPS) is 19.0. The second kappa shape index (κ2) is 10.4. The third kappa shape index (κ3) is 6.29. The summed E-state index contributed by atoms with van der Waals surface area (Å²) < 4.78 is 13.4. The number of nitrogens with zero attached hydrogens (tertiary/aromatic N) is 2. The monoisotopic (exact) mass is 350 g/mol. The summed E-state index contributed by atoms with van der Waals surface area (Å²) in [4.78, 5) is 6.79. The third-order valence-corrected chi connectivity index (χ3v) is 4.82. The molecule has 1 unspecified atom stereocenters. The summed E-state index contributed by atoms with van der Waals surface area (Å²) in [5.41, 5.74) is 1.23. The average molecular weight is 350 g/mol. The number of piperidine rings is 1. The summed E-state index contributed by atoms with van der Waals surface area (Å²) in [6.45, 7) is 5.76. The van der Waals surface area contributed by atoms with Crippen LogP contribution < -0.4 is 10.6 Å². The minimum atomic E-state index is -0.374. The van der Waals surface area contributed by atoms with Gasteiger partial charge in [-0.2, -0.15) is 0 Å². The van der Waals surface area contributed by atoms with Gasteiger partial charge in [0.15, 0.2) is 5.96 Å². The first-order valence-corrected chi connectivity index (χ1v) is 9.20. The van der Waals surface area contributed by atoms with E-state index in [1.807, 2.05) is 0 Å². The van der Waals surface area contributed by atoms with Crippen molar-refractivity contribution < 1.29 is 9.50 Å². The molecular formula is C19H31FN4O. The fraction of sp³-hybridized carbons (Fsp3) is 0.632. The molecule has 5 nitrogen and oxygen atoms in total. The molecule has 3 N–H and O–H groups in total. The molecule has 0 bridgehead atoms. The Balaban J connectivity index is 1.70. The Hall–Kier alpha value is -1.66. The van der Waals surface area contributed by atoms with Crippen LogP contribution in [0.5, 0.6) is 0 Å². The van der Waals surface area contributed by atoms with Crippen molar-refractivity contribution in [2.24, 2.45) is 4.99 Å². The number of halogens is 1. The third-order valence-electron chi connectivity index (χ3n) is 4.82. The van der Waals surface area contributed by atoms with Gasteiger partial charge in [0.1, 0.15) is 5.82 Å². The Bertz CT molecular complexity index is 564. The zero-order chi connectivity index (χ0) is 18.1. The van der Waals surface area contributed by atoms with E-state index >= 15 is 0 Å². The first-order chi connectivity index (χ1) is 12.1. The van der Waals surface area contributed by atoms with Crippen LogP contribution in [-0.2, 0) is 13.2 Å². The Morgan fingerprint density at radius 2 is 2.20 bits per heavy atom. The van der Waals surface area contributed by atoms with Gasteiger partial charge < -0.3 is 20.6 Å². The van der Waals surface area contributed by atoms with Gasteiger partial charge in [-0.15, -0.1) is 0 Å². The van der Waals surface area contributed by atoms with Crippen LogP contribution in [0.15, 0.2) is 23.2 Å². The molecule has 1 aliphatic heterocycles. The molecule has 1 aromatic rings. The number of likely N-dealkylation sites (tertiary alicyclic amines) is 1. The van der Waals surface area contributed by atoms with E-state index in [1.54, 1.807) is 19.2 Å². The summed E-state index contributed by atoms with van der Waals surface area (Å²) in [5, 5.41) is 15.7. The number of benzene rings is 1. The molecule has 1 aromatic carbocycles. The van der Waals surface area contributed by atoms with Crippen molar-refractivity contribution in [3.05, 3.63) is 35.1 Å². The highest BCUT2D eigenvalue weighted by atomic mass is 19.1. The zero-order valence-corrected chi connectivity index (χ0v) is 15.4. The van der Waals surface area contributed by atoms with Gasteiger partial charge in [-0.25, -0.2) is 4.39 Å². The smallest absolute Gasteiger partial charge is 0.191 e. The van der Waals surface area contributed by atoms with Crippen molar-refractivity contribution in [3.8, 4) is 0 Å². The number of aliphatic hydroxyl groups is 1. The lowest BCUT2D eigenvalue weighted by molar-refractivity contribution is 0.159. The molecule has 1 aliphatic rings. The Morgan fingerprint density at radius 1 is 1.36 bits per heavy atom. The minimum Gasteiger partial charge on any atom is -0.392 e. The van der Waals surface area contributed by atoms with Crippen LogP contribution in [0, 0.1) is 5.82 Å². The van der Waals surface area contributed by atoms with E-state index in [1.165, 1.54) is 31.9 Å². The van der Waals surface area contributed by atoms with Gasteiger partial charge in [0.05, 0.1) is 6.61 Å². The average Bonchev–Trinajstić information content (AvgIpc) is 2.63. The Morgan fingerprint density at radius 3 is 2.92 bits per heavy atom. The first-order valence-electron chi connectivity index (χ1n) is 9.20. The number of guanidine groups is 1. The van der Waals surface area contributed by atoms with E-state index in [0.717, 1.165) is 31.0 Å². The maximum Gasteiger partial charge on any atom is 0.191 e. The summed E-state index contributed by atoms with van der Waals surface area (Å²) in [7, 11) is 1.74. The first kappa shape index (κ1) is 19.7. The number of rotatable bonds is 7. The van der Waals surface area contributed by atoms with Crippen molar-refractivity contribution in [2.75, 3.05) is 26.7 Å². The van der Waals surface area contributed by atoms with Crippen molar-refractivity contribution in [3.63, 3.8) is 0 Å². The Kier molecular flexibility index (Phi) is 8.15. The molecule has 25 heavy (non-hydrogen) atoms. The second-order valence-electron chi connectivity index (χ2n) is 6.67. The van der Waals surface area contributed by atoms with E-state index in [9.17, 15) is 4.39 Å². The van der Waals surface area contributed by atoms with Crippen LogP contribution in [0.2, 0.25) is 0 Å². The van der Waals surface area contributed by atoms with E-state index in [2.05, 4.69) is 27.4 Å². The number of hydrogen-bond acceptors (Lipinski definition) is 3. The van der Waals surface area contributed by atoms with Crippen LogP contribution in [0.4, 0.5) is 4.39 Å². The minimum absolute atomic E-state index is 0.290. The maximum atomic E-state index is 13.4. The van der Waals surface area contributed by atoms with Gasteiger partial charge in [0.2, 0.25) is 0 Å². The standard InChI is InChI=1S/C19H31FN4O/c1-15-6-3-4-10-24(15)11-5-9-22-19(21-2)23-13-16-7-8-18(20)17(12-16)14-25/h7-8,12,15,25H,3-6,9-11,13-14H2,1-2H3,(H2,21,22,23). The largest absolute Gasteiger partial charge is 0.392 e. The lowest BCUT2D eigenvalue weighted by Crippen LogP contribution is -2.41. The molecule has 0 aliphatic carbocycles.